The summed E-state index contributed by atoms with van der Waals surface area (Å²) in [5.74, 6) is -23.3. The number of rotatable bonds is 5. The average Bonchev–Trinajstić information content (AvgIpc) is 2.66. The standard InChI is InChI=1S/C19H19F7O7/c1-3-31-14(27)12-11(9-5-7-10(20)8-6-9)13(15(28)32-4-2)17(30,19(24,25)26)33-16(12,29)18(21,22)23/h5-8,11-13,29-30H,3-4H2,1-2H3/t11?,12-,13+,16-,17+. The van der Waals surface area contributed by atoms with E-state index < -0.39 is 78.2 Å². The molecule has 0 aromatic heterocycles. The van der Waals surface area contributed by atoms with Gasteiger partial charge in [-0.1, -0.05) is 12.1 Å². The van der Waals surface area contributed by atoms with Gasteiger partial charge in [-0.25, -0.2) is 4.39 Å². The van der Waals surface area contributed by atoms with Crippen molar-refractivity contribution in [3.8, 4) is 0 Å². The SMILES string of the molecule is CCOC(=O)[C@@H]1C(c2ccc(F)cc2)[C@H](C(=O)OCC)[C@](O)(C(F)(F)F)O[C@]1(O)C(F)(F)F. The largest absolute Gasteiger partial charge is 0.466 e. The second kappa shape index (κ2) is 9.06. The molecule has 1 aromatic rings. The van der Waals surface area contributed by atoms with Gasteiger partial charge in [0, 0.05) is 5.92 Å². The van der Waals surface area contributed by atoms with Crippen LogP contribution in [0.3, 0.4) is 0 Å². The van der Waals surface area contributed by atoms with E-state index in [1.807, 2.05) is 0 Å². The summed E-state index contributed by atoms with van der Waals surface area (Å²) in [5.41, 5.74) is -0.638. The van der Waals surface area contributed by atoms with Crippen LogP contribution >= 0.6 is 0 Å². The minimum Gasteiger partial charge on any atom is -0.466 e. The number of carbonyl (C=O) groups excluding carboxylic acids is 2. The fraction of sp³-hybridized carbons (Fsp3) is 0.579. The van der Waals surface area contributed by atoms with Crippen LogP contribution in [0, 0.1) is 17.7 Å². The highest BCUT2D eigenvalue weighted by atomic mass is 19.4. The lowest BCUT2D eigenvalue weighted by Crippen LogP contribution is -2.73. The molecule has 1 unspecified atom stereocenters. The molecule has 1 saturated heterocycles. The first-order chi connectivity index (χ1) is 15.0. The molecular formula is C19H19F7O7. The third-order valence-electron chi connectivity index (χ3n) is 5.02. The Morgan fingerprint density at radius 1 is 0.879 bits per heavy atom. The monoisotopic (exact) mass is 492 g/mol. The van der Waals surface area contributed by atoms with Crippen molar-refractivity contribution in [3.63, 3.8) is 0 Å². The molecule has 1 heterocycles. The summed E-state index contributed by atoms with van der Waals surface area (Å²) in [6.45, 7) is 1.20. The minimum atomic E-state index is -6.10. The second-order valence-corrected chi connectivity index (χ2v) is 7.03. The number of alkyl halides is 6. The van der Waals surface area contributed by atoms with E-state index in [4.69, 9.17) is 0 Å². The number of hydrogen-bond acceptors (Lipinski definition) is 7. The van der Waals surface area contributed by atoms with Crippen molar-refractivity contribution in [1.82, 2.24) is 0 Å². The van der Waals surface area contributed by atoms with Gasteiger partial charge < -0.3 is 24.4 Å². The summed E-state index contributed by atoms with van der Waals surface area (Å²) in [4.78, 5) is 25.1. The minimum absolute atomic E-state index is 0.562. The van der Waals surface area contributed by atoms with Gasteiger partial charge >= 0.3 is 24.3 Å². The van der Waals surface area contributed by atoms with Crippen LogP contribution in [0.5, 0.6) is 0 Å². The predicted octanol–water partition coefficient (Wildman–Crippen LogP) is 2.80. The normalized spacial score (nSPS) is 30.6. The predicted molar refractivity (Wildman–Crippen MR) is 92.5 cm³/mol. The number of aliphatic hydroxyl groups is 2. The lowest BCUT2D eigenvalue weighted by Gasteiger charge is -2.53. The van der Waals surface area contributed by atoms with Crippen LogP contribution in [0.2, 0.25) is 0 Å². The number of esters is 2. The highest BCUT2D eigenvalue weighted by molar-refractivity contribution is 5.81. The molecule has 33 heavy (non-hydrogen) atoms. The van der Waals surface area contributed by atoms with Crippen LogP contribution in [0.1, 0.15) is 25.3 Å². The van der Waals surface area contributed by atoms with Crippen LogP contribution in [0.25, 0.3) is 0 Å². The van der Waals surface area contributed by atoms with E-state index in [1.54, 1.807) is 0 Å². The Labute approximate surface area is 182 Å². The second-order valence-electron chi connectivity index (χ2n) is 7.03. The maximum absolute atomic E-state index is 13.9. The molecule has 7 nitrogen and oxygen atoms in total. The third-order valence-corrected chi connectivity index (χ3v) is 5.02. The summed E-state index contributed by atoms with van der Waals surface area (Å²) in [7, 11) is 0. The molecule has 1 aliphatic heterocycles. The van der Waals surface area contributed by atoms with Crippen molar-refractivity contribution in [2.75, 3.05) is 13.2 Å². The lowest BCUT2D eigenvalue weighted by atomic mass is 9.67. The van der Waals surface area contributed by atoms with Crippen molar-refractivity contribution in [2.45, 2.75) is 43.7 Å². The Kier molecular flexibility index (Phi) is 7.36. The number of carbonyl (C=O) groups is 2. The van der Waals surface area contributed by atoms with E-state index >= 15 is 0 Å². The van der Waals surface area contributed by atoms with Gasteiger partial charge in [0.25, 0.3) is 11.6 Å². The van der Waals surface area contributed by atoms with Gasteiger partial charge in [0.2, 0.25) is 0 Å². The summed E-state index contributed by atoms with van der Waals surface area (Å²) >= 11 is 0. The van der Waals surface area contributed by atoms with Crippen molar-refractivity contribution in [2.24, 2.45) is 11.8 Å². The number of hydrogen-bond donors (Lipinski definition) is 2. The Balaban J connectivity index is 2.95. The van der Waals surface area contributed by atoms with E-state index in [9.17, 15) is 50.5 Å². The number of ether oxygens (including phenoxy) is 3. The molecule has 0 saturated carbocycles. The van der Waals surface area contributed by atoms with Gasteiger partial charge in [0.15, 0.2) is 0 Å². The zero-order chi connectivity index (χ0) is 25.4. The quantitative estimate of drug-likeness (QED) is 0.482. The molecule has 0 amide bonds. The Bertz CT molecular complexity index is 823. The van der Waals surface area contributed by atoms with Gasteiger partial charge in [0.05, 0.1) is 13.2 Å². The molecule has 0 aliphatic carbocycles. The molecule has 1 aromatic carbocycles. The molecule has 2 rings (SSSR count). The van der Waals surface area contributed by atoms with Gasteiger partial charge in [-0.3, -0.25) is 9.59 Å². The van der Waals surface area contributed by atoms with Gasteiger partial charge in [0.1, 0.15) is 17.7 Å². The third kappa shape index (κ3) is 4.64. The highest BCUT2D eigenvalue weighted by Crippen LogP contribution is 2.59. The highest BCUT2D eigenvalue weighted by Gasteiger charge is 2.80. The molecule has 1 fully saturated rings. The van der Waals surface area contributed by atoms with E-state index in [0.717, 1.165) is 13.8 Å². The van der Waals surface area contributed by atoms with E-state index in [0.29, 0.717) is 24.3 Å². The van der Waals surface area contributed by atoms with Crippen molar-refractivity contribution in [1.29, 1.82) is 0 Å². The lowest BCUT2D eigenvalue weighted by molar-refractivity contribution is -0.507. The maximum atomic E-state index is 13.9. The Hall–Kier alpha value is -2.45. The van der Waals surface area contributed by atoms with E-state index in [2.05, 4.69) is 14.2 Å². The van der Waals surface area contributed by atoms with Crippen molar-refractivity contribution < 1.29 is 64.7 Å². The number of benzene rings is 1. The van der Waals surface area contributed by atoms with Crippen LogP contribution in [0.15, 0.2) is 24.3 Å². The Morgan fingerprint density at radius 3 is 1.55 bits per heavy atom. The first-order valence-corrected chi connectivity index (χ1v) is 9.42. The molecule has 0 bridgehead atoms. The average molecular weight is 492 g/mol. The molecule has 186 valence electrons. The molecule has 5 atom stereocenters. The summed E-state index contributed by atoms with van der Waals surface area (Å²) in [5, 5.41) is 20.7. The first-order valence-electron chi connectivity index (χ1n) is 9.42. The topological polar surface area (TPSA) is 102 Å². The van der Waals surface area contributed by atoms with Crippen molar-refractivity contribution in [3.05, 3.63) is 35.6 Å². The smallest absolute Gasteiger partial charge is 0.444 e. The van der Waals surface area contributed by atoms with Crippen LogP contribution in [-0.2, 0) is 23.8 Å². The zero-order valence-corrected chi connectivity index (χ0v) is 17.0. The van der Waals surface area contributed by atoms with E-state index in [-0.39, 0.29) is 0 Å². The first kappa shape index (κ1) is 26.8. The Morgan fingerprint density at radius 2 is 1.24 bits per heavy atom. The summed E-state index contributed by atoms with van der Waals surface area (Å²) < 4.78 is 110. The van der Waals surface area contributed by atoms with Crippen molar-refractivity contribution >= 4 is 11.9 Å². The summed E-state index contributed by atoms with van der Waals surface area (Å²) in [6.07, 6.45) is -12.2. The molecule has 14 heteroatoms. The molecule has 1 aliphatic rings. The fourth-order valence-electron chi connectivity index (χ4n) is 3.66. The molecular weight excluding hydrogens is 473 g/mol. The number of halogens is 7. The van der Waals surface area contributed by atoms with Gasteiger partial charge in [-0.2, -0.15) is 26.3 Å². The molecule has 0 spiro atoms. The molecule has 0 radical (unpaired) electrons. The summed E-state index contributed by atoms with van der Waals surface area (Å²) in [6, 6.07) is 2.65. The van der Waals surface area contributed by atoms with Gasteiger partial charge in [-0.15, -0.1) is 0 Å². The molecule has 2 N–H and O–H groups in total. The van der Waals surface area contributed by atoms with Crippen LogP contribution in [-0.4, -0.2) is 59.3 Å². The van der Waals surface area contributed by atoms with Gasteiger partial charge in [-0.05, 0) is 31.5 Å². The zero-order valence-electron chi connectivity index (χ0n) is 17.0. The van der Waals surface area contributed by atoms with Crippen LogP contribution in [0.4, 0.5) is 30.7 Å². The van der Waals surface area contributed by atoms with Crippen LogP contribution < -0.4 is 0 Å². The van der Waals surface area contributed by atoms with E-state index in [1.165, 1.54) is 0 Å². The maximum Gasteiger partial charge on any atom is 0.444 e. The fourth-order valence-corrected chi connectivity index (χ4v) is 3.66.